The fourth-order valence-electron chi connectivity index (χ4n) is 2.17. The van der Waals surface area contributed by atoms with Crippen molar-refractivity contribution in [1.29, 1.82) is 0 Å². The second kappa shape index (κ2) is 8.34. The van der Waals surface area contributed by atoms with Crippen LogP contribution in [-0.4, -0.2) is 29.2 Å². The van der Waals surface area contributed by atoms with Gasteiger partial charge < -0.3 is 5.11 Å². The monoisotopic (exact) mass is 263 g/mol. The van der Waals surface area contributed by atoms with Gasteiger partial charge in [-0.1, -0.05) is 50.6 Å². The van der Waals surface area contributed by atoms with Gasteiger partial charge in [0.15, 0.2) is 0 Å². The summed E-state index contributed by atoms with van der Waals surface area (Å²) in [4.78, 5) is 2.38. The van der Waals surface area contributed by atoms with Crippen molar-refractivity contribution in [2.24, 2.45) is 5.92 Å². The molecule has 2 heteroatoms. The lowest BCUT2D eigenvalue weighted by atomic mass is 10.1. The van der Waals surface area contributed by atoms with Crippen LogP contribution in [0.15, 0.2) is 24.3 Å². The zero-order valence-corrected chi connectivity index (χ0v) is 12.9. The molecule has 0 heterocycles. The Morgan fingerprint density at radius 3 is 2.58 bits per heavy atom. The third-order valence-electron chi connectivity index (χ3n) is 3.45. The average Bonchev–Trinajstić information content (AvgIpc) is 2.35. The molecule has 19 heavy (non-hydrogen) atoms. The van der Waals surface area contributed by atoms with Gasteiger partial charge in [0.1, 0.15) is 0 Å². The van der Waals surface area contributed by atoms with E-state index in [1.54, 1.807) is 0 Å². The number of aryl methyl sites for hydroxylation is 1. The predicted octanol–water partition coefficient (Wildman–Crippen LogP) is 3.61. The van der Waals surface area contributed by atoms with Crippen molar-refractivity contribution in [3.05, 3.63) is 35.4 Å². The lowest BCUT2D eigenvalue weighted by Gasteiger charge is -2.25. The number of hydrogen-bond acceptors (Lipinski definition) is 2. The molecule has 0 fully saturated rings. The first kappa shape index (κ1) is 16.2. The number of aliphatic hydroxyl groups is 1. The van der Waals surface area contributed by atoms with Crippen molar-refractivity contribution < 1.29 is 5.11 Å². The lowest BCUT2D eigenvalue weighted by molar-refractivity contribution is 0.102. The van der Waals surface area contributed by atoms with Gasteiger partial charge in [-0.3, -0.25) is 4.90 Å². The highest BCUT2D eigenvalue weighted by molar-refractivity contribution is 5.22. The molecular formula is C17H29NO. The molecule has 108 valence electrons. The molecule has 1 aromatic rings. The highest BCUT2D eigenvalue weighted by atomic mass is 16.3. The Morgan fingerprint density at radius 2 is 2.00 bits per heavy atom. The Morgan fingerprint density at radius 1 is 1.26 bits per heavy atom. The first-order chi connectivity index (χ1) is 9.01. The average molecular weight is 263 g/mol. The van der Waals surface area contributed by atoms with Gasteiger partial charge in [0, 0.05) is 13.1 Å². The zero-order valence-electron chi connectivity index (χ0n) is 12.9. The van der Waals surface area contributed by atoms with Crippen LogP contribution in [0.3, 0.4) is 0 Å². The van der Waals surface area contributed by atoms with Gasteiger partial charge in [0.05, 0.1) is 6.10 Å². The van der Waals surface area contributed by atoms with Crippen molar-refractivity contribution in [3.8, 4) is 0 Å². The van der Waals surface area contributed by atoms with E-state index in [2.05, 4.69) is 49.9 Å². The van der Waals surface area contributed by atoms with E-state index in [0.717, 1.165) is 26.1 Å². The van der Waals surface area contributed by atoms with Crippen molar-refractivity contribution >= 4 is 0 Å². The maximum Gasteiger partial charge on any atom is 0.0664 e. The smallest absolute Gasteiger partial charge is 0.0664 e. The van der Waals surface area contributed by atoms with E-state index in [1.807, 2.05) is 6.92 Å². The van der Waals surface area contributed by atoms with Crippen molar-refractivity contribution in [3.63, 3.8) is 0 Å². The summed E-state index contributed by atoms with van der Waals surface area (Å²) in [5.74, 6) is 0.707. The molecule has 1 atom stereocenters. The van der Waals surface area contributed by atoms with E-state index in [9.17, 15) is 5.11 Å². The third-order valence-corrected chi connectivity index (χ3v) is 3.45. The van der Waals surface area contributed by atoms with Gasteiger partial charge in [0.25, 0.3) is 0 Å². The van der Waals surface area contributed by atoms with Crippen LogP contribution in [-0.2, 0) is 6.54 Å². The normalized spacial score (nSPS) is 13.2. The molecule has 1 aromatic carbocycles. The molecule has 0 unspecified atom stereocenters. The first-order valence-electron chi connectivity index (χ1n) is 7.47. The molecule has 2 nitrogen and oxygen atoms in total. The fourth-order valence-corrected chi connectivity index (χ4v) is 2.17. The number of rotatable bonds is 8. The molecule has 0 saturated heterocycles. The van der Waals surface area contributed by atoms with Crippen LogP contribution in [0.25, 0.3) is 0 Å². The number of benzene rings is 1. The molecule has 1 N–H and O–H groups in total. The highest BCUT2D eigenvalue weighted by Crippen LogP contribution is 2.11. The summed E-state index contributed by atoms with van der Waals surface area (Å²) in [5.41, 5.74) is 2.64. The van der Waals surface area contributed by atoms with Crippen molar-refractivity contribution in [1.82, 2.24) is 4.90 Å². The molecule has 0 aromatic heterocycles. The Labute approximate surface area is 118 Å². The highest BCUT2D eigenvalue weighted by Gasteiger charge is 2.11. The van der Waals surface area contributed by atoms with Crippen LogP contribution >= 0.6 is 0 Å². The quantitative estimate of drug-likeness (QED) is 0.774. The summed E-state index contributed by atoms with van der Waals surface area (Å²) >= 11 is 0. The van der Waals surface area contributed by atoms with Gasteiger partial charge in [-0.25, -0.2) is 0 Å². The van der Waals surface area contributed by atoms with Gasteiger partial charge in [-0.15, -0.1) is 0 Å². The Balaban J connectivity index is 2.61. The second-order valence-electron chi connectivity index (χ2n) is 5.97. The standard InChI is InChI=1S/C17H29NO/c1-5-17(19)13-18(10-9-14(2)3)12-16-8-6-7-15(4)11-16/h6-8,11,14,17,19H,5,9-10,12-13H2,1-4H3/t17-/m0/s1. The molecule has 0 amide bonds. The maximum absolute atomic E-state index is 9.88. The molecule has 0 bridgehead atoms. The van der Waals surface area contributed by atoms with Crippen LogP contribution in [0, 0.1) is 12.8 Å². The first-order valence-corrected chi connectivity index (χ1v) is 7.47. The van der Waals surface area contributed by atoms with E-state index in [0.29, 0.717) is 5.92 Å². The van der Waals surface area contributed by atoms with E-state index < -0.39 is 0 Å². The second-order valence-corrected chi connectivity index (χ2v) is 5.97. The van der Waals surface area contributed by atoms with Gasteiger partial charge in [-0.2, -0.15) is 0 Å². The van der Waals surface area contributed by atoms with Gasteiger partial charge in [0.2, 0.25) is 0 Å². The zero-order chi connectivity index (χ0) is 14.3. The molecule has 1 rings (SSSR count). The SMILES string of the molecule is CC[C@H](O)CN(CCC(C)C)Cc1cccc(C)c1. The Hall–Kier alpha value is -0.860. The number of hydrogen-bond donors (Lipinski definition) is 1. The fraction of sp³-hybridized carbons (Fsp3) is 0.647. The van der Waals surface area contributed by atoms with Gasteiger partial charge in [-0.05, 0) is 37.8 Å². The van der Waals surface area contributed by atoms with E-state index in [-0.39, 0.29) is 6.10 Å². The van der Waals surface area contributed by atoms with E-state index in [1.165, 1.54) is 17.5 Å². The molecule has 0 aliphatic heterocycles. The minimum atomic E-state index is -0.211. The Kier molecular flexibility index (Phi) is 7.11. The lowest BCUT2D eigenvalue weighted by Crippen LogP contribution is -2.33. The van der Waals surface area contributed by atoms with E-state index in [4.69, 9.17) is 0 Å². The molecule has 0 aliphatic carbocycles. The molecular weight excluding hydrogens is 234 g/mol. The summed E-state index contributed by atoms with van der Waals surface area (Å²) in [5, 5.41) is 9.88. The molecule has 0 spiro atoms. The number of nitrogens with zero attached hydrogens (tertiary/aromatic N) is 1. The molecule has 0 saturated carbocycles. The van der Waals surface area contributed by atoms with Gasteiger partial charge >= 0.3 is 0 Å². The topological polar surface area (TPSA) is 23.5 Å². The molecule has 0 radical (unpaired) electrons. The van der Waals surface area contributed by atoms with Crippen LogP contribution in [0.4, 0.5) is 0 Å². The van der Waals surface area contributed by atoms with E-state index >= 15 is 0 Å². The van der Waals surface area contributed by atoms with Crippen molar-refractivity contribution in [2.45, 2.75) is 53.2 Å². The summed E-state index contributed by atoms with van der Waals surface area (Å²) < 4.78 is 0. The molecule has 0 aliphatic rings. The number of aliphatic hydroxyl groups excluding tert-OH is 1. The van der Waals surface area contributed by atoms with Crippen LogP contribution < -0.4 is 0 Å². The third kappa shape index (κ3) is 6.74. The predicted molar refractivity (Wildman–Crippen MR) is 82.2 cm³/mol. The summed E-state index contributed by atoms with van der Waals surface area (Å²) in [6, 6.07) is 8.65. The maximum atomic E-state index is 9.88. The van der Waals surface area contributed by atoms with Crippen LogP contribution in [0.5, 0.6) is 0 Å². The Bertz CT molecular complexity index is 362. The van der Waals surface area contributed by atoms with Crippen molar-refractivity contribution in [2.75, 3.05) is 13.1 Å². The summed E-state index contributed by atoms with van der Waals surface area (Å²) in [7, 11) is 0. The van der Waals surface area contributed by atoms with Crippen LogP contribution in [0.2, 0.25) is 0 Å². The minimum Gasteiger partial charge on any atom is -0.392 e. The summed E-state index contributed by atoms with van der Waals surface area (Å²) in [6.45, 7) is 11.4. The largest absolute Gasteiger partial charge is 0.392 e. The summed E-state index contributed by atoms with van der Waals surface area (Å²) in [6.07, 6.45) is 1.80. The van der Waals surface area contributed by atoms with Crippen LogP contribution in [0.1, 0.15) is 44.7 Å². The minimum absolute atomic E-state index is 0.211.